The van der Waals surface area contributed by atoms with E-state index in [4.69, 9.17) is 17.2 Å². The molecule has 1 atom stereocenters. The van der Waals surface area contributed by atoms with Gasteiger partial charge in [0.2, 0.25) is 5.91 Å². The number of para-hydroxylation sites is 1. The Labute approximate surface area is 226 Å². The quantitative estimate of drug-likeness (QED) is 0.283. The number of carbonyl (C=O) groups excluding carboxylic acids is 1. The predicted octanol–water partition coefficient (Wildman–Crippen LogP) is 5.67. The number of fused-ring (bicyclic) bond motifs is 1. The molecular weight excluding hydrogens is 492 g/mol. The second kappa shape index (κ2) is 11.2. The van der Waals surface area contributed by atoms with Crippen molar-refractivity contribution in [2.45, 2.75) is 19.4 Å². The van der Waals surface area contributed by atoms with Gasteiger partial charge < -0.3 is 10.6 Å². The lowest BCUT2D eigenvalue weighted by Crippen LogP contribution is -2.43. The number of anilines is 1. The molecule has 4 aromatic carbocycles. The lowest BCUT2D eigenvalue weighted by Gasteiger charge is -2.23. The third-order valence-electron chi connectivity index (χ3n) is 6.24. The molecule has 5 rings (SSSR count). The van der Waals surface area contributed by atoms with Crippen LogP contribution in [0.5, 0.6) is 0 Å². The molecule has 5 aromatic rings. The number of amides is 1. The molecule has 7 heteroatoms. The van der Waals surface area contributed by atoms with Crippen LogP contribution in [0.15, 0.2) is 114 Å². The summed E-state index contributed by atoms with van der Waals surface area (Å²) in [5.74, 6) is 0.0123. The number of aryl methyl sites for hydroxylation is 1. The monoisotopic (exact) mass is 518 g/mol. The highest BCUT2D eigenvalue weighted by Gasteiger charge is 2.27. The van der Waals surface area contributed by atoms with E-state index in [1.165, 1.54) is 4.57 Å². The zero-order valence-electron chi connectivity index (χ0n) is 20.8. The first kappa shape index (κ1) is 25.0. The fraction of sp³-hybridized carbons (Fsp3) is 0.0968. The van der Waals surface area contributed by atoms with Crippen molar-refractivity contribution in [3.05, 3.63) is 131 Å². The largest absolute Gasteiger partial charge is 0.332 e. The van der Waals surface area contributed by atoms with E-state index >= 15 is 0 Å². The minimum absolute atomic E-state index is 0.154. The van der Waals surface area contributed by atoms with Crippen LogP contribution in [0.4, 0.5) is 5.69 Å². The van der Waals surface area contributed by atoms with Crippen LogP contribution in [0.2, 0.25) is 0 Å². The highest BCUT2D eigenvalue weighted by atomic mass is 32.1. The van der Waals surface area contributed by atoms with Gasteiger partial charge in [0.15, 0.2) is 5.11 Å². The fourth-order valence-electron chi connectivity index (χ4n) is 4.44. The number of nitrogens with zero attached hydrogens (tertiary/aromatic N) is 2. The van der Waals surface area contributed by atoms with Crippen LogP contribution in [0.1, 0.15) is 17.2 Å². The highest BCUT2D eigenvalue weighted by Crippen LogP contribution is 2.24. The summed E-state index contributed by atoms with van der Waals surface area (Å²) in [7, 11) is 0. The SMILES string of the molecule is Cc1cccc(NC(=S)NC(=O)C(Cc2ccccc2)n2c(-c3ccccc3)nc3ccccc3c2=O)c1. The van der Waals surface area contributed by atoms with Crippen LogP contribution in [-0.4, -0.2) is 20.6 Å². The van der Waals surface area contributed by atoms with E-state index in [2.05, 4.69) is 10.6 Å². The Morgan fingerprint density at radius 2 is 1.58 bits per heavy atom. The van der Waals surface area contributed by atoms with Gasteiger partial charge in [-0.1, -0.05) is 84.9 Å². The number of nitrogens with one attached hydrogen (secondary N) is 2. The van der Waals surface area contributed by atoms with Gasteiger partial charge in [0.1, 0.15) is 11.9 Å². The molecule has 188 valence electrons. The molecule has 0 bridgehead atoms. The van der Waals surface area contributed by atoms with Gasteiger partial charge in [0.25, 0.3) is 5.56 Å². The molecule has 0 spiro atoms. The summed E-state index contributed by atoms with van der Waals surface area (Å²) in [4.78, 5) is 32.7. The molecule has 1 heterocycles. The zero-order chi connectivity index (χ0) is 26.5. The first-order valence-electron chi connectivity index (χ1n) is 12.3. The van der Waals surface area contributed by atoms with Gasteiger partial charge in [-0.25, -0.2) is 4.98 Å². The Morgan fingerprint density at radius 3 is 2.32 bits per heavy atom. The molecule has 0 aliphatic heterocycles. The second-order valence-electron chi connectivity index (χ2n) is 9.01. The molecule has 38 heavy (non-hydrogen) atoms. The summed E-state index contributed by atoms with van der Waals surface area (Å²) in [6.45, 7) is 1.98. The van der Waals surface area contributed by atoms with Gasteiger partial charge in [-0.05, 0) is 54.5 Å². The Balaban J connectivity index is 1.60. The summed E-state index contributed by atoms with van der Waals surface area (Å²) in [6.07, 6.45) is 0.277. The number of benzene rings is 4. The Morgan fingerprint density at radius 1 is 0.895 bits per heavy atom. The number of hydrogen-bond donors (Lipinski definition) is 2. The van der Waals surface area contributed by atoms with E-state index in [0.717, 1.165) is 22.4 Å². The van der Waals surface area contributed by atoms with Crippen molar-refractivity contribution in [1.29, 1.82) is 0 Å². The third kappa shape index (κ3) is 5.53. The summed E-state index contributed by atoms with van der Waals surface area (Å²) < 4.78 is 1.50. The molecule has 0 saturated heterocycles. The maximum absolute atomic E-state index is 14.0. The van der Waals surface area contributed by atoms with Gasteiger partial charge in [-0.2, -0.15) is 0 Å². The molecule has 1 aromatic heterocycles. The molecule has 1 unspecified atom stereocenters. The predicted molar refractivity (Wildman–Crippen MR) is 156 cm³/mol. The lowest BCUT2D eigenvalue weighted by molar-refractivity contribution is -0.122. The topological polar surface area (TPSA) is 76.0 Å². The molecule has 0 radical (unpaired) electrons. The molecule has 0 saturated carbocycles. The van der Waals surface area contributed by atoms with E-state index in [1.807, 2.05) is 97.9 Å². The number of aromatic nitrogens is 2. The minimum Gasteiger partial charge on any atom is -0.332 e. The Hall–Kier alpha value is -4.62. The van der Waals surface area contributed by atoms with Crippen LogP contribution in [-0.2, 0) is 11.2 Å². The van der Waals surface area contributed by atoms with Crippen LogP contribution >= 0.6 is 12.2 Å². The molecule has 1 amide bonds. The number of thiocarbonyl (C=S) groups is 1. The number of rotatable bonds is 6. The van der Waals surface area contributed by atoms with Crippen molar-refractivity contribution in [2.75, 3.05) is 5.32 Å². The first-order chi connectivity index (χ1) is 18.5. The van der Waals surface area contributed by atoms with Crippen LogP contribution in [0.25, 0.3) is 22.3 Å². The second-order valence-corrected chi connectivity index (χ2v) is 9.42. The maximum atomic E-state index is 14.0. The molecular formula is C31H26N4O2S. The molecule has 0 aliphatic rings. The van der Waals surface area contributed by atoms with E-state index in [9.17, 15) is 9.59 Å². The smallest absolute Gasteiger partial charge is 0.262 e. The summed E-state index contributed by atoms with van der Waals surface area (Å²) >= 11 is 5.48. The summed E-state index contributed by atoms with van der Waals surface area (Å²) in [6, 6.07) is 33.0. The van der Waals surface area contributed by atoms with Gasteiger partial charge >= 0.3 is 0 Å². The van der Waals surface area contributed by atoms with Crippen molar-refractivity contribution in [2.24, 2.45) is 0 Å². The van der Waals surface area contributed by atoms with Gasteiger partial charge in [-0.15, -0.1) is 0 Å². The molecule has 6 nitrogen and oxygen atoms in total. The normalized spacial score (nSPS) is 11.6. The summed E-state index contributed by atoms with van der Waals surface area (Å²) in [5, 5.41) is 6.48. The number of hydrogen-bond acceptors (Lipinski definition) is 4. The zero-order valence-corrected chi connectivity index (χ0v) is 21.6. The Bertz CT molecular complexity index is 1670. The van der Waals surface area contributed by atoms with E-state index in [1.54, 1.807) is 18.2 Å². The highest BCUT2D eigenvalue weighted by molar-refractivity contribution is 7.80. The van der Waals surface area contributed by atoms with Crippen molar-refractivity contribution in [3.8, 4) is 11.4 Å². The first-order valence-corrected chi connectivity index (χ1v) is 12.7. The standard InChI is InChI=1S/C31H26N4O2S/c1-21-11-10-16-24(19-21)32-31(38)34-29(36)27(20-22-12-4-2-5-13-22)35-28(23-14-6-3-7-15-23)33-26-18-9-8-17-25(26)30(35)37/h2-19,27H,20H2,1H3,(H2,32,34,36,38). The maximum Gasteiger partial charge on any atom is 0.262 e. The third-order valence-corrected chi connectivity index (χ3v) is 6.44. The van der Waals surface area contributed by atoms with E-state index < -0.39 is 11.9 Å². The van der Waals surface area contributed by atoms with Crippen molar-refractivity contribution >= 4 is 39.8 Å². The molecule has 0 fully saturated rings. The minimum atomic E-state index is -0.908. The van der Waals surface area contributed by atoms with E-state index in [0.29, 0.717) is 16.7 Å². The van der Waals surface area contributed by atoms with Crippen LogP contribution < -0.4 is 16.2 Å². The van der Waals surface area contributed by atoms with Gasteiger partial charge in [-0.3, -0.25) is 14.2 Å². The van der Waals surface area contributed by atoms with Crippen molar-refractivity contribution in [3.63, 3.8) is 0 Å². The van der Waals surface area contributed by atoms with Gasteiger partial charge in [0.05, 0.1) is 10.9 Å². The molecule has 0 aliphatic carbocycles. The van der Waals surface area contributed by atoms with E-state index in [-0.39, 0.29) is 17.1 Å². The lowest BCUT2D eigenvalue weighted by atomic mass is 10.0. The van der Waals surface area contributed by atoms with Crippen LogP contribution in [0, 0.1) is 6.92 Å². The average Bonchev–Trinajstić information content (AvgIpc) is 2.93. The average molecular weight is 519 g/mol. The van der Waals surface area contributed by atoms with Gasteiger partial charge in [0, 0.05) is 17.7 Å². The van der Waals surface area contributed by atoms with Crippen molar-refractivity contribution < 1.29 is 4.79 Å². The van der Waals surface area contributed by atoms with Crippen LogP contribution in [0.3, 0.4) is 0 Å². The molecule has 2 N–H and O–H groups in total. The fourth-order valence-corrected chi connectivity index (χ4v) is 4.66. The van der Waals surface area contributed by atoms with Crippen molar-refractivity contribution in [1.82, 2.24) is 14.9 Å². The Kier molecular flexibility index (Phi) is 7.38. The number of carbonyl (C=O) groups is 1. The summed E-state index contributed by atoms with van der Waals surface area (Å²) in [5.41, 5.74) is 3.76.